The Balaban J connectivity index is 1.57. The molecule has 0 spiro atoms. The molecular weight excluding hydrogens is 312 g/mol. The summed E-state index contributed by atoms with van der Waals surface area (Å²) >= 11 is 3.12. The average Bonchev–Trinajstić information content (AvgIpc) is 3.07. The standard InChI is InChI=1S/C17H16N2OS2/c1-12(15-7-4-10-21-15)18-16(20)11-22-17-9-8-13-5-2-3-6-14(13)19-17/h2-10,12H,11H2,1H3,(H,18,20)/t12-/m1/s1. The van der Waals surface area contributed by atoms with Gasteiger partial charge in [-0.05, 0) is 30.5 Å². The quantitative estimate of drug-likeness (QED) is 0.711. The van der Waals surface area contributed by atoms with Gasteiger partial charge in [0.05, 0.1) is 22.3 Å². The van der Waals surface area contributed by atoms with Crippen molar-refractivity contribution in [2.75, 3.05) is 5.75 Å². The number of pyridine rings is 1. The third-order valence-corrected chi connectivity index (χ3v) is 5.26. The number of carbonyl (C=O) groups is 1. The van der Waals surface area contributed by atoms with E-state index in [9.17, 15) is 4.79 Å². The van der Waals surface area contributed by atoms with Crippen LogP contribution < -0.4 is 5.32 Å². The predicted molar refractivity (Wildman–Crippen MR) is 93.3 cm³/mol. The number of hydrogen-bond donors (Lipinski definition) is 1. The molecule has 0 saturated carbocycles. The van der Waals surface area contributed by atoms with Crippen LogP contribution in [0, 0.1) is 0 Å². The number of hydrogen-bond acceptors (Lipinski definition) is 4. The molecule has 1 amide bonds. The van der Waals surface area contributed by atoms with Gasteiger partial charge in [0.15, 0.2) is 0 Å². The van der Waals surface area contributed by atoms with Crippen molar-refractivity contribution in [2.45, 2.75) is 18.0 Å². The Labute approximate surface area is 137 Å². The van der Waals surface area contributed by atoms with E-state index in [1.165, 1.54) is 16.6 Å². The molecule has 0 bridgehead atoms. The average molecular weight is 328 g/mol. The van der Waals surface area contributed by atoms with Crippen molar-refractivity contribution >= 4 is 39.9 Å². The Bertz CT molecular complexity index is 771. The zero-order valence-corrected chi connectivity index (χ0v) is 13.8. The second-order valence-corrected chi connectivity index (χ2v) is 6.91. The van der Waals surface area contributed by atoms with Crippen LogP contribution >= 0.6 is 23.1 Å². The molecule has 2 aromatic heterocycles. The van der Waals surface area contributed by atoms with Gasteiger partial charge in [-0.15, -0.1) is 11.3 Å². The normalized spacial score (nSPS) is 12.2. The van der Waals surface area contributed by atoms with E-state index in [0.717, 1.165) is 15.9 Å². The lowest BCUT2D eigenvalue weighted by Crippen LogP contribution is -2.27. The van der Waals surface area contributed by atoms with Gasteiger partial charge >= 0.3 is 0 Å². The van der Waals surface area contributed by atoms with Crippen LogP contribution in [0.4, 0.5) is 0 Å². The zero-order chi connectivity index (χ0) is 15.4. The lowest BCUT2D eigenvalue weighted by atomic mass is 10.2. The molecular formula is C17H16N2OS2. The molecule has 1 aromatic carbocycles. The zero-order valence-electron chi connectivity index (χ0n) is 12.2. The number of thioether (sulfide) groups is 1. The molecule has 3 aromatic rings. The number of thiophene rings is 1. The van der Waals surface area contributed by atoms with Gasteiger partial charge in [0.1, 0.15) is 0 Å². The van der Waals surface area contributed by atoms with Crippen molar-refractivity contribution < 1.29 is 4.79 Å². The van der Waals surface area contributed by atoms with Gasteiger partial charge in [-0.25, -0.2) is 4.98 Å². The topological polar surface area (TPSA) is 42.0 Å². The number of amides is 1. The molecule has 0 unspecified atom stereocenters. The van der Waals surface area contributed by atoms with Crippen LogP contribution in [0.1, 0.15) is 17.8 Å². The fraction of sp³-hybridized carbons (Fsp3) is 0.176. The molecule has 0 aliphatic carbocycles. The highest BCUT2D eigenvalue weighted by molar-refractivity contribution is 7.99. The van der Waals surface area contributed by atoms with E-state index in [0.29, 0.717) is 5.75 Å². The van der Waals surface area contributed by atoms with E-state index in [1.807, 2.05) is 60.8 Å². The smallest absolute Gasteiger partial charge is 0.230 e. The number of rotatable bonds is 5. The summed E-state index contributed by atoms with van der Waals surface area (Å²) < 4.78 is 0. The first-order chi connectivity index (χ1) is 10.7. The van der Waals surface area contributed by atoms with E-state index >= 15 is 0 Å². The van der Waals surface area contributed by atoms with E-state index in [-0.39, 0.29) is 11.9 Å². The molecule has 1 N–H and O–H groups in total. The molecule has 3 nitrogen and oxygen atoms in total. The second kappa shape index (κ2) is 6.94. The van der Waals surface area contributed by atoms with Gasteiger partial charge in [-0.3, -0.25) is 4.79 Å². The molecule has 0 aliphatic rings. The van der Waals surface area contributed by atoms with Gasteiger partial charge in [-0.2, -0.15) is 0 Å². The molecule has 2 heterocycles. The maximum atomic E-state index is 12.0. The number of para-hydroxylation sites is 1. The van der Waals surface area contributed by atoms with Crippen molar-refractivity contribution in [1.82, 2.24) is 10.3 Å². The second-order valence-electron chi connectivity index (χ2n) is 4.94. The summed E-state index contributed by atoms with van der Waals surface area (Å²) in [6.07, 6.45) is 0. The summed E-state index contributed by atoms with van der Waals surface area (Å²) in [5.74, 6) is 0.405. The van der Waals surface area contributed by atoms with E-state index in [1.54, 1.807) is 11.3 Å². The minimum Gasteiger partial charge on any atom is -0.348 e. The third kappa shape index (κ3) is 3.67. The number of benzene rings is 1. The Morgan fingerprint density at radius 1 is 1.23 bits per heavy atom. The number of aromatic nitrogens is 1. The van der Waals surface area contributed by atoms with Crippen molar-refractivity contribution in [2.24, 2.45) is 0 Å². The Morgan fingerprint density at radius 2 is 2.09 bits per heavy atom. The number of nitrogens with zero attached hydrogens (tertiary/aromatic N) is 1. The van der Waals surface area contributed by atoms with E-state index < -0.39 is 0 Å². The summed E-state index contributed by atoms with van der Waals surface area (Å²) in [4.78, 5) is 17.8. The Hall–Kier alpha value is -1.85. The molecule has 22 heavy (non-hydrogen) atoms. The lowest BCUT2D eigenvalue weighted by molar-refractivity contribution is -0.119. The summed E-state index contributed by atoms with van der Waals surface area (Å²) in [6, 6.07) is 16.1. The summed E-state index contributed by atoms with van der Waals surface area (Å²) in [7, 11) is 0. The minimum atomic E-state index is 0.0286. The van der Waals surface area contributed by atoms with Gasteiger partial charge in [0, 0.05) is 10.3 Å². The molecule has 1 atom stereocenters. The molecule has 0 fully saturated rings. The van der Waals surface area contributed by atoms with Crippen LogP contribution in [0.5, 0.6) is 0 Å². The largest absolute Gasteiger partial charge is 0.348 e. The van der Waals surface area contributed by atoms with Crippen molar-refractivity contribution in [3.05, 3.63) is 58.8 Å². The van der Waals surface area contributed by atoms with Crippen molar-refractivity contribution in [1.29, 1.82) is 0 Å². The first kappa shape index (κ1) is 15.1. The molecule has 0 aliphatic heterocycles. The molecule has 0 radical (unpaired) electrons. The van der Waals surface area contributed by atoms with Crippen LogP contribution in [0.2, 0.25) is 0 Å². The van der Waals surface area contributed by atoms with Gasteiger partial charge in [0.2, 0.25) is 5.91 Å². The number of nitrogens with one attached hydrogen (secondary N) is 1. The fourth-order valence-corrected chi connectivity index (χ4v) is 3.58. The molecule has 3 rings (SSSR count). The predicted octanol–water partition coefficient (Wildman–Crippen LogP) is 4.27. The summed E-state index contributed by atoms with van der Waals surface area (Å²) in [6.45, 7) is 2.00. The Morgan fingerprint density at radius 3 is 2.91 bits per heavy atom. The fourth-order valence-electron chi connectivity index (χ4n) is 2.16. The maximum absolute atomic E-state index is 12.0. The van der Waals surface area contributed by atoms with Crippen molar-refractivity contribution in [3.63, 3.8) is 0 Å². The van der Waals surface area contributed by atoms with Gasteiger partial charge in [-0.1, -0.05) is 42.1 Å². The summed E-state index contributed by atoms with van der Waals surface area (Å²) in [5.41, 5.74) is 0.958. The first-order valence-electron chi connectivity index (χ1n) is 7.04. The highest BCUT2D eigenvalue weighted by atomic mass is 32.2. The maximum Gasteiger partial charge on any atom is 0.230 e. The van der Waals surface area contributed by atoms with Crippen LogP contribution in [0.15, 0.2) is 58.9 Å². The van der Waals surface area contributed by atoms with Gasteiger partial charge in [0.25, 0.3) is 0 Å². The highest BCUT2D eigenvalue weighted by Gasteiger charge is 2.11. The van der Waals surface area contributed by atoms with E-state index in [4.69, 9.17) is 0 Å². The molecule has 112 valence electrons. The van der Waals surface area contributed by atoms with Crippen LogP contribution in [0.25, 0.3) is 10.9 Å². The minimum absolute atomic E-state index is 0.0286. The third-order valence-electron chi connectivity index (χ3n) is 3.27. The Kier molecular flexibility index (Phi) is 4.75. The SMILES string of the molecule is C[C@@H](NC(=O)CSc1ccc2ccccc2n1)c1cccs1. The molecule has 5 heteroatoms. The van der Waals surface area contributed by atoms with Crippen LogP contribution in [0.3, 0.4) is 0 Å². The first-order valence-corrected chi connectivity index (χ1v) is 8.90. The van der Waals surface area contributed by atoms with Crippen molar-refractivity contribution in [3.8, 4) is 0 Å². The lowest BCUT2D eigenvalue weighted by Gasteiger charge is -2.11. The molecule has 0 saturated heterocycles. The van der Waals surface area contributed by atoms with E-state index in [2.05, 4.69) is 10.3 Å². The van der Waals surface area contributed by atoms with Crippen LogP contribution in [-0.4, -0.2) is 16.6 Å². The monoisotopic (exact) mass is 328 g/mol. The summed E-state index contributed by atoms with van der Waals surface area (Å²) in [5, 5.41) is 7.02. The highest BCUT2D eigenvalue weighted by Crippen LogP contribution is 2.21. The van der Waals surface area contributed by atoms with Crippen LogP contribution in [-0.2, 0) is 4.79 Å². The number of carbonyl (C=O) groups excluding carboxylic acids is 1. The van der Waals surface area contributed by atoms with Gasteiger partial charge < -0.3 is 5.32 Å². The number of fused-ring (bicyclic) bond motifs is 1.